The Bertz CT molecular complexity index is 556. The molecule has 0 heterocycles. The van der Waals surface area contributed by atoms with Gasteiger partial charge in [0.05, 0.1) is 5.57 Å². The molecule has 0 aromatic rings. The molecule has 1 aliphatic rings. The summed E-state index contributed by atoms with van der Waals surface area (Å²) in [6.07, 6.45) is 2.11. The fraction of sp³-hybridized carbons (Fsp3) is 0.737. The Morgan fingerprint density at radius 3 is 2.12 bits per heavy atom. The van der Waals surface area contributed by atoms with Gasteiger partial charge in [0.2, 0.25) is 0 Å². The maximum Gasteiger partial charge on any atom is 0.328 e. The van der Waals surface area contributed by atoms with Crippen LogP contribution in [0.3, 0.4) is 0 Å². The number of nitrogens with two attached hydrogens (primary N) is 2. The molecule has 0 aliphatic heterocycles. The Hall–Kier alpha value is -1.53. The largest absolute Gasteiger partial charge is 0.480 e. The van der Waals surface area contributed by atoms with Crippen molar-refractivity contribution in [3.8, 4) is 0 Å². The monoisotopic (exact) mass is 352 g/mol. The van der Waals surface area contributed by atoms with E-state index >= 15 is 0 Å². The number of rotatable bonds is 8. The van der Waals surface area contributed by atoms with E-state index in [0.717, 1.165) is 0 Å². The average molecular weight is 352 g/mol. The van der Waals surface area contributed by atoms with Crippen LogP contribution >= 0.6 is 0 Å². The van der Waals surface area contributed by atoms with Crippen molar-refractivity contribution in [2.75, 3.05) is 6.54 Å². The topological polar surface area (TPSA) is 123 Å². The number of hydrogen-bond donors (Lipinski definition) is 3. The van der Waals surface area contributed by atoms with Crippen LogP contribution in [0.1, 0.15) is 66.2 Å². The first-order valence-electron chi connectivity index (χ1n) is 8.97. The second-order valence-electron chi connectivity index (χ2n) is 8.34. The molecule has 0 unspecified atom stereocenters. The first kappa shape index (κ1) is 21.5. The predicted octanol–water partition coefficient (Wildman–Crippen LogP) is 2.20. The molecule has 0 bridgehead atoms. The van der Waals surface area contributed by atoms with E-state index in [0.29, 0.717) is 25.8 Å². The number of carboxylic acids is 1. The highest BCUT2D eigenvalue weighted by molar-refractivity contribution is 6.23. The highest BCUT2D eigenvalue weighted by Crippen LogP contribution is 2.39. The Morgan fingerprint density at radius 2 is 1.72 bits per heavy atom. The summed E-state index contributed by atoms with van der Waals surface area (Å²) in [4.78, 5) is 37.4. The summed E-state index contributed by atoms with van der Waals surface area (Å²) in [7, 11) is 0. The van der Waals surface area contributed by atoms with Crippen LogP contribution in [0, 0.1) is 11.3 Å². The molecule has 0 saturated heterocycles. The zero-order chi connectivity index (χ0) is 19.4. The highest BCUT2D eigenvalue weighted by atomic mass is 16.4. The zero-order valence-electron chi connectivity index (χ0n) is 15.9. The normalized spacial score (nSPS) is 19.9. The van der Waals surface area contributed by atoms with Gasteiger partial charge in [0.25, 0.3) is 0 Å². The molecule has 142 valence electrons. The Balaban J connectivity index is 3.45. The van der Waals surface area contributed by atoms with E-state index in [1.54, 1.807) is 0 Å². The first-order valence-corrected chi connectivity index (χ1v) is 8.97. The van der Waals surface area contributed by atoms with Crippen molar-refractivity contribution in [3.05, 3.63) is 11.1 Å². The summed E-state index contributed by atoms with van der Waals surface area (Å²) in [5, 5.41) is 9.81. The maximum atomic E-state index is 12.7. The Morgan fingerprint density at radius 1 is 1.20 bits per heavy atom. The van der Waals surface area contributed by atoms with Crippen LogP contribution in [0.2, 0.25) is 0 Å². The van der Waals surface area contributed by atoms with Crippen LogP contribution in [0.5, 0.6) is 0 Å². The third kappa shape index (κ3) is 5.22. The van der Waals surface area contributed by atoms with Gasteiger partial charge in [0.1, 0.15) is 5.54 Å². The van der Waals surface area contributed by atoms with Gasteiger partial charge in [0.15, 0.2) is 11.6 Å². The molecule has 0 aromatic carbocycles. The van der Waals surface area contributed by atoms with Crippen molar-refractivity contribution in [1.29, 1.82) is 0 Å². The minimum absolute atomic E-state index is 0.0330. The summed E-state index contributed by atoms with van der Waals surface area (Å²) < 4.78 is 0. The van der Waals surface area contributed by atoms with Gasteiger partial charge in [-0.1, -0.05) is 27.7 Å². The van der Waals surface area contributed by atoms with Gasteiger partial charge in [-0.25, -0.2) is 4.79 Å². The average Bonchev–Trinajstić information content (AvgIpc) is 2.43. The molecule has 0 aromatic heterocycles. The van der Waals surface area contributed by atoms with Crippen LogP contribution in [-0.2, 0) is 14.4 Å². The van der Waals surface area contributed by atoms with Crippen molar-refractivity contribution in [2.45, 2.75) is 71.8 Å². The van der Waals surface area contributed by atoms with Gasteiger partial charge in [-0.05, 0) is 49.1 Å². The van der Waals surface area contributed by atoms with Gasteiger partial charge in [-0.3, -0.25) is 9.59 Å². The summed E-state index contributed by atoms with van der Waals surface area (Å²) >= 11 is 0. The second-order valence-corrected chi connectivity index (χ2v) is 8.34. The van der Waals surface area contributed by atoms with Crippen molar-refractivity contribution >= 4 is 17.5 Å². The number of allylic oxidation sites excluding steroid dienone is 1. The number of ketones is 2. The molecule has 1 saturated carbocycles. The standard InChI is InChI=1S/C19H32N2O4/c1-12(2)9-13(19(21,17(24)25)7-5-6-8-20)16-14(22)10-18(3,4)11-15(16)23/h12H,5-11,20-21H2,1-4H3,(H,24,25)/t19-/m1/s1. The lowest BCUT2D eigenvalue weighted by Crippen LogP contribution is -2.52. The van der Waals surface area contributed by atoms with Crippen molar-refractivity contribution < 1.29 is 19.5 Å². The van der Waals surface area contributed by atoms with Crippen molar-refractivity contribution in [2.24, 2.45) is 22.8 Å². The number of hydrogen-bond acceptors (Lipinski definition) is 5. The van der Waals surface area contributed by atoms with Crippen molar-refractivity contribution in [3.63, 3.8) is 0 Å². The zero-order valence-corrected chi connectivity index (χ0v) is 15.9. The quantitative estimate of drug-likeness (QED) is 0.349. The third-order valence-electron chi connectivity index (χ3n) is 4.70. The second kappa shape index (κ2) is 8.23. The lowest BCUT2D eigenvalue weighted by atomic mass is 9.69. The minimum Gasteiger partial charge on any atom is -0.480 e. The lowest BCUT2D eigenvalue weighted by molar-refractivity contribution is -0.142. The summed E-state index contributed by atoms with van der Waals surface area (Å²) in [5.41, 5.74) is 10.0. The van der Waals surface area contributed by atoms with E-state index in [1.165, 1.54) is 0 Å². The molecule has 25 heavy (non-hydrogen) atoms. The fourth-order valence-electron chi connectivity index (χ4n) is 3.45. The Labute approximate surface area is 150 Å². The smallest absolute Gasteiger partial charge is 0.328 e. The molecule has 6 nitrogen and oxygen atoms in total. The fourth-order valence-corrected chi connectivity index (χ4v) is 3.45. The number of carbonyl (C=O) groups excluding carboxylic acids is 2. The summed E-state index contributed by atoms with van der Waals surface area (Å²) in [6, 6.07) is 0. The third-order valence-corrected chi connectivity index (χ3v) is 4.70. The molecule has 1 rings (SSSR count). The maximum absolute atomic E-state index is 12.7. The van der Waals surface area contributed by atoms with E-state index in [9.17, 15) is 19.5 Å². The summed E-state index contributed by atoms with van der Waals surface area (Å²) in [6.45, 7) is 8.03. The van der Waals surface area contributed by atoms with Gasteiger partial charge < -0.3 is 16.6 Å². The molecule has 0 radical (unpaired) electrons. The van der Waals surface area contributed by atoms with Gasteiger partial charge in [-0.15, -0.1) is 0 Å². The van der Waals surface area contributed by atoms with E-state index in [1.807, 2.05) is 27.7 Å². The molecule has 0 spiro atoms. The van der Waals surface area contributed by atoms with Gasteiger partial charge in [0, 0.05) is 12.8 Å². The molecule has 1 fully saturated rings. The predicted molar refractivity (Wildman–Crippen MR) is 97.0 cm³/mol. The van der Waals surface area contributed by atoms with Gasteiger partial charge >= 0.3 is 5.97 Å². The van der Waals surface area contributed by atoms with Crippen LogP contribution < -0.4 is 11.5 Å². The van der Waals surface area contributed by atoms with E-state index in [-0.39, 0.29) is 47.9 Å². The molecule has 6 heteroatoms. The van der Waals surface area contributed by atoms with Crippen LogP contribution in [0.15, 0.2) is 11.1 Å². The molecule has 5 N–H and O–H groups in total. The minimum atomic E-state index is -1.71. The number of carboxylic acid groups (broad SMARTS) is 1. The lowest BCUT2D eigenvalue weighted by Gasteiger charge is -2.35. The molecule has 1 aliphatic carbocycles. The number of aliphatic carboxylic acids is 1. The van der Waals surface area contributed by atoms with Crippen LogP contribution in [0.25, 0.3) is 0 Å². The highest BCUT2D eigenvalue weighted by Gasteiger charge is 2.45. The van der Waals surface area contributed by atoms with E-state index < -0.39 is 16.9 Å². The first-order chi connectivity index (χ1) is 11.4. The van der Waals surface area contributed by atoms with Crippen LogP contribution in [-0.4, -0.2) is 34.7 Å². The number of Topliss-reactive ketones (excluding diaryl/α,β-unsaturated/α-hetero) is 2. The number of carbonyl (C=O) groups is 3. The van der Waals surface area contributed by atoms with E-state index in [2.05, 4.69) is 0 Å². The number of unbranched alkanes of at least 4 members (excludes halogenated alkanes) is 1. The van der Waals surface area contributed by atoms with Gasteiger partial charge in [-0.2, -0.15) is 0 Å². The Kier molecular flexibility index (Phi) is 7.08. The van der Waals surface area contributed by atoms with E-state index in [4.69, 9.17) is 11.5 Å². The van der Waals surface area contributed by atoms with Crippen LogP contribution in [0.4, 0.5) is 0 Å². The molecular weight excluding hydrogens is 320 g/mol. The SMILES string of the molecule is CC(C)CC(=C1C(=O)CC(C)(C)CC1=O)[C@](N)(CCCCN)C(=O)O. The summed E-state index contributed by atoms with van der Waals surface area (Å²) in [5.74, 6) is -1.69. The molecular formula is C19H32N2O4. The van der Waals surface area contributed by atoms with Crippen molar-refractivity contribution in [1.82, 2.24) is 0 Å². The molecule has 0 amide bonds. The molecule has 1 atom stereocenters.